The molecule has 0 saturated heterocycles. The molecular weight excluding hydrogens is 284 g/mol. The number of hydrogen-bond donors (Lipinski definition) is 1. The molecule has 0 bridgehead atoms. The van der Waals surface area contributed by atoms with Gasteiger partial charge in [0.1, 0.15) is 12.0 Å². The first kappa shape index (κ1) is 13.7. The van der Waals surface area contributed by atoms with E-state index >= 15 is 0 Å². The largest absolute Gasteiger partial charge is 0.449 e. The van der Waals surface area contributed by atoms with Gasteiger partial charge in [-0.05, 0) is 23.8 Å². The van der Waals surface area contributed by atoms with Crippen molar-refractivity contribution in [3.05, 3.63) is 71.3 Å². The van der Waals surface area contributed by atoms with Gasteiger partial charge in [0.25, 0.3) is 0 Å². The van der Waals surface area contributed by atoms with Crippen LogP contribution in [0, 0.1) is 6.92 Å². The third kappa shape index (κ3) is 3.26. The Kier molecular flexibility index (Phi) is 3.93. The zero-order valence-corrected chi connectivity index (χ0v) is 12.4. The summed E-state index contributed by atoms with van der Waals surface area (Å²) in [7, 11) is 0. The molecule has 0 aliphatic carbocycles. The van der Waals surface area contributed by atoms with E-state index in [1.807, 2.05) is 55.5 Å². The van der Waals surface area contributed by atoms with Crippen molar-refractivity contribution in [2.75, 3.05) is 5.32 Å². The zero-order valence-electron chi connectivity index (χ0n) is 11.6. The van der Waals surface area contributed by atoms with Gasteiger partial charge in [0.15, 0.2) is 5.89 Å². The molecule has 0 saturated carbocycles. The third-order valence-electron chi connectivity index (χ3n) is 3.24. The van der Waals surface area contributed by atoms with Gasteiger partial charge in [-0.3, -0.25) is 0 Å². The normalized spacial score (nSPS) is 10.6. The molecule has 0 atom stereocenters. The lowest BCUT2D eigenvalue weighted by atomic mass is 10.1. The van der Waals surface area contributed by atoms with E-state index in [1.165, 1.54) is 0 Å². The Morgan fingerprint density at radius 3 is 2.52 bits per heavy atom. The molecule has 106 valence electrons. The van der Waals surface area contributed by atoms with Gasteiger partial charge >= 0.3 is 0 Å². The smallest absolute Gasteiger partial charge is 0.191 e. The monoisotopic (exact) mass is 298 g/mol. The van der Waals surface area contributed by atoms with Gasteiger partial charge in [0.05, 0.1) is 0 Å². The molecule has 3 aromatic rings. The average molecular weight is 299 g/mol. The van der Waals surface area contributed by atoms with Crippen LogP contribution in [0.15, 0.2) is 59.2 Å². The van der Waals surface area contributed by atoms with E-state index in [2.05, 4.69) is 10.3 Å². The van der Waals surface area contributed by atoms with Crippen LogP contribution in [-0.4, -0.2) is 4.98 Å². The van der Waals surface area contributed by atoms with Crippen LogP contribution in [-0.2, 0) is 6.54 Å². The van der Waals surface area contributed by atoms with Gasteiger partial charge in [-0.1, -0.05) is 41.9 Å². The first-order valence-corrected chi connectivity index (χ1v) is 7.10. The highest BCUT2D eigenvalue weighted by Gasteiger charge is 2.03. The molecule has 0 fully saturated rings. The van der Waals surface area contributed by atoms with Crippen molar-refractivity contribution >= 4 is 17.3 Å². The number of halogens is 1. The predicted molar refractivity (Wildman–Crippen MR) is 85.5 cm³/mol. The maximum absolute atomic E-state index is 6.14. The first-order chi connectivity index (χ1) is 10.2. The third-order valence-corrected chi connectivity index (χ3v) is 3.61. The van der Waals surface area contributed by atoms with Crippen molar-refractivity contribution in [2.45, 2.75) is 13.5 Å². The quantitative estimate of drug-likeness (QED) is 0.743. The minimum absolute atomic E-state index is 0.672. The van der Waals surface area contributed by atoms with E-state index < -0.39 is 0 Å². The topological polar surface area (TPSA) is 38.1 Å². The van der Waals surface area contributed by atoms with E-state index in [0.717, 1.165) is 27.5 Å². The Morgan fingerprint density at radius 1 is 1.10 bits per heavy atom. The van der Waals surface area contributed by atoms with Crippen LogP contribution < -0.4 is 5.32 Å². The van der Waals surface area contributed by atoms with Crippen molar-refractivity contribution in [3.63, 3.8) is 0 Å². The molecule has 3 rings (SSSR count). The average Bonchev–Trinajstić information content (AvgIpc) is 2.94. The molecular formula is C17H15ClN2O. The number of hydrogen-bond acceptors (Lipinski definition) is 3. The number of anilines is 1. The molecule has 0 aliphatic rings. The van der Waals surface area contributed by atoms with Gasteiger partial charge in [0, 0.05) is 29.7 Å². The molecule has 0 unspecified atom stereocenters. The van der Waals surface area contributed by atoms with Crippen molar-refractivity contribution < 1.29 is 4.42 Å². The number of nitrogens with zero attached hydrogens (tertiary/aromatic N) is 1. The second kappa shape index (κ2) is 6.02. The van der Waals surface area contributed by atoms with Crippen LogP contribution in [0.2, 0.25) is 5.02 Å². The summed E-state index contributed by atoms with van der Waals surface area (Å²) in [5.41, 5.74) is 4.01. The Bertz CT molecular complexity index is 735. The van der Waals surface area contributed by atoms with Gasteiger partial charge in [-0.25, -0.2) is 4.98 Å². The fraction of sp³-hybridized carbons (Fsp3) is 0.118. The number of oxazole rings is 1. The molecule has 1 aromatic heterocycles. The number of benzene rings is 2. The van der Waals surface area contributed by atoms with E-state index in [1.54, 1.807) is 6.26 Å². The van der Waals surface area contributed by atoms with Gasteiger partial charge in [-0.2, -0.15) is 0 Å². The molecule has 0 aliphatic heterocycles. The maximum atomic E-state index is 6.14. The van der Waals surface area contributed by atoms with Crippen LogP contribution in [0.1, 0.15) is 11.5 Å². The molecule has 4 heteroatoms. The molecule has 1 N–H and O–H groups in total. The Labute approximate surface area is 128 Å². The van der Waals surface area contributed by atoms with Crippen molar-refractivity contribution in [1.29, 1.82) is 0 Å². The Morgan fingerprint density at radius 2 is 1.86 bits per heavy atom. The maximum Gasteiger partial charge on any atom is 0.191 e. The summed E-state index contributed by atoms with van der Waals surface area (Å²) in [6, 6.07) is 15.9. The summed E-state index contributed by atoms with van der Waals surface area (Å²) < 4.78 is 5.23. The van der Waals surface area contributed by atoms with E-state index in [-0.39, 0.29) is 0 Å². The van der Waals surface area contributed by atoms with Crippen LogP contribution in [0.3, 0.4) is 0 Å². The van der Waals surface area contributed by atoms with E-state index in [9.17, 15) is 0 Å². The number of rotatable bonds is 4. The lowest BCUT2D eigenvalue weighted by Gasteiger charge is -2.08. The second-order valence-electron chi connectivity index (χ2n) is 4.77. The van der Waals surface area contributed by atoms with Crippen molar-refractivity contribution in [2.24, 2.45) is 0 Å². The highest BCUT2D eigenvalue weighted by Crippen LogP contribution is 2.22. The van der Waals surface area contributed by atoms with E-state index in [4.69, 9.17) is 16.0 Å². The van der Waals surface area contributed by atoms with Gasteiger partial charge < -0.3 is 9.73 Å². The summed E-state index contributed by atoms with van der Waals surface area (Å²) in [6.07, 6.45) is 1.67. The fourth-order valence-electron chi connectivity index (χ4n) is 2.09. The van der Waals surface area contributed by atoms with Crippen LogP contribution in [0.25, 0.3) is 11.3 Å². The SMILES string of the molecule is Cc1nc(-c2ccc(NCc3ccccc3Cl)cc2)co1. The van der Waals surface area contributed by atoms with Gasteiger partial charge in [-0.15, -0.1) is 0 Å². The van der Waals surface area contributed by atoms with Crippen LogP contribution in [0.5, 0.6) is 0 Å². The molecule has 3 nitrogen and oxygen atoms in total. The lowest BCUT2D eigenvalue weighted by molar-refractivity contribution is 0.521. The highest BCUT2D eigenvalue weighted by atomic mass is 35.5. The van der Waals surface area contributed by atoms with Gasteiger partial charge in [0.2, 0.25) is 0 Å². The summed E-state index contributed by atoms with van der Waals surface area (Å²) in [5.74, 6) is 0.672. The zero-order chi connectivity index (χ0) is 14.7. The minimum Gasteiger partial charge on any atom is -0.449 e. The van der Waals surface area contributed by atoms with Crippen molar-refractivity contribution in [3.8, 4) is 11.3 Å². The first-order valence-electron chi connectivity index (χ1n) is 6.72. The molecule has 0 amide bonds. The highest BCUT2D eigenvalue weighted by molar-refractivity contribution is 6.31. The summed E-state index contributed by atoms with van der Waals surface area (Å²) in [6.45, 7) is 2.53. The molecule has 0 radical (unpaired) electrons. The van der Waals surface area contributed by atoms with Crippen molar-refractivity contribution in [1.82, 2.24) is 4.98 Å². The molecule has 2 aromatic carbocycles. The second-order valence-corrected chi connectivity index (χ2v) is 5.18. The van der Waals surface area contributed by atoms with Crippen LogP contribution >= 0.6 is 11.6 Å². The standard InChI is InChI=1S/C17H15ClN2O/c1-12-20-17(11-21-12)13-6-8-15(9-7-13)19-10-14-4-2-3-5-16(14)18/h2-9,11,19H,10H2,1H3. The Hall–Kier alpha value is -2.26. The fourth-order valence-corrected chi connectivity index (χ4v) is 2.30. The minimum atomic E-state index is 0.672. The van der Waals surface area contributed by atoms with Crippen LogP contribution in [0.4, 0.5) is 5.69 Å². The lowest BCUT2D eigenvalue weighted by Crippen LogP contribution is -1.99. The number of nitrogens with one attached hydrogen (secondary N) is 1. The predicted octanol–water partition coefficient (Wildman–Crippen LogP) is 4.92. The number of aryl methyl sites for hydroxylation is 1. The number of aromatic nitrogens is 1. The molecule has 21 heavy (non-hydrogen) atoms. The summed E-state index contributed by atoms with van der Waals surface area (Å²) in [5, 5.41) is 4.13. The molecule has 0 spiro atoms. The van der Waals surface area contributed by atoms with E-state index in [0.29, 0.717) is 12.4 Å². The Balaban J connectivity index is 1.69. The molecule has 1 heterocycles. The summed E-state index contributed by atoms with van der Waals surface area (Å²) >= 11 is 6.14. The summed E-state index contributed by atoms with van der Waals surface area (Å²) in [4.78, 5) is 4.31.